The Morgan fingerprint density at radius 1 is 1.18 bits per heavy atom. The monoisotopic (exact) mass is 468 g/mol. The number of methoxy groups -OCH3 is 2. The number of ether oxygens (including phenoxy) is 3. The predicted molar refractivity (Wildman–Crippen MR) is 129 cm³/mol. The van der Waals surface area contributed by atoms with Crippen molar-refractivity contribution in [3.63, 3.8) is 0 Å². The quantitative estimate of drug-likeness (QED) is 0.323. The van der Waals surface area contributed by atoms with Crippen molar-refractivity contribution in [2.75, 3.05) is 25.3 Å². The van der Waals surface area contributed by atoms with E-state index >= 15 is 0 Å². The number of carbonyl (C=O) groups excluding carboxylic acids is 1. The molecule has 33 heavy (non-hydrogen) atoms. The number of nitrogens with one attached hydrogen (secondary N) is 1. The van der Waals surface area contributed by atoms with Crippen molar-refractivity contribution < 1.29 is 19.0 Å². The van der Waals surface area contributed by atoms with Crippen LogP contribution in [-0.4, -0.2) is 40.6 Å². The van der Waals surface area contributed by atoms with Gasteiger partial charge in [0.05, 0.1) is 25.7 Å². The molecule has 0 saturated carbocycles. The van der Waals surface area contributed by atoms with E-state index in [2.05, 4.69) is 22.1 Å². The lowest BCUT2D eigenvalue weighted by Gasteiger charge is -2.16. The average molecular weight is 469 g/mol. The summed E-state index contributed by atoms with van der Waals surface area (Å²) < 4.78 is 18.5. The number of anilines is 1. The summed E-state index contributed by atoms with van der Waals surface area (Å²) >= 11 is 1.29. The number of thioether (sulfide) groups is 1. The molecule has 0 aliphatic carbocycles. The van der Waals surface area contributed by atoms with E-state index in [0.29, 0.717) is 34.7 Å². The van der Waals surface area contributed by atoms with Gasteiger partial charge in [0, 0.05) is 12.6 Å². The van der Waals surface area contributed by atoms with E-state index in [1.807, 2.05) is 42.7 Å². The molecule has 0 bridgehead atoms. The molecule has 1 unspecified atom stereocenters. The maximum Gasteiger partial charge on any atom is 0.234 e. The first-order valence-electron chi connectivity index (χ1n) is 10.4. The van der Waals surface area contributed by atoms with E-state index in [4.69, 9.17) is 14.2 Å². The van der Waals surface area contributed by atoms with Crippen molar-refractivity contribution in [2.24, 2.45) is 0 Å². The van der Waals surface area contributed by atoms with Gasteiger partial charge >= 0.3 is 0 Å². The molecule has 0 radical (unpaired) electrons. The van der Waals surface area contributed by atoms with Crippen molar-refractivity contribution in [1.82, 2.24) is 14.8 Å². The maximum atomic E-state index is 12.6. The molecule has 1 atom stereocenters. The number of aromatic nitrogens is 3. The lowest BCUT2D eigenvalue weighted by molar-refractivity contribution is -0.113. The second-order valence-electron chi connectivity index (χ2n) is 7.22. The van der Waals surface area contributed by atoms with E-state index in [-0.39, 0.29) is 17.8 Å². The number of amides is 1. The minimum atomic E-state index is -0.330. The fourth-order valence-electron chi connectivity index (χ4n) is 3.18. The lowest BCUT2D eigenvalue weighted by Crippen LogP contribution is -2.16. The molecule has 0 aliphatic rings. The molecule has 9 heteroatoms. The molecule has 1 N–H and O–H groups in total. The molecule has 0 aliphatic heterocycles. The number of carbonyl (C=O) groups is 1. The Hall–Kier alpha value is -3.46. The molecule has 2 aromatic carbocycles. The molecule has 0 spiro atoms. The molecule has 1 amide bonds. The SMILES string of the molecule is C=CCn1c(SCC(=O)Nc2cc(OC)ccc2OC)nnc1C(C)Oc1cccc(C)c1. The Morgan fingerprint density at radius 2 is 2.00 bits per heavy atom. The molecule has 1 aromatic heterocycles. The van der Waals surface area contributed by atoms with Crippen LogP contribution in [0, 0.1) is 6.92 Å². The summed E-state index contributed by atoms with van der Waals surface area (Å²) in [6.07, 6.45) is 1.43. The number of hydrogen-bond donors (Lipinski definition) is 1. The molecular formula is C24H28N4O4S. The van der Waals surface area contributed by atoms with Crippen LogP contribution in [0.4, 0.5) is 5.69 Å². The van der Waals surface area contributed by atoms with Gasteiger partial charge in [0.2, 0.25) is 5.91 Å². The third-order valence-corrected chi connectivity index (χ3v) is 5.70. The van der Waals surface area contributed by atoms with Crippen molar-refractivity contribution in [3.05, 3.63) is 66.5 Å². The summed E-state index contributed by atoms with van der Waals surface area (Å²) in [5, 5.41) is 12.1. The van der Waals surface area contributed by atoms with Crippen LogP contribution in [-0.2, 0) is 11.3 Å². The van der Waals surface area contributed by atoms with Crippen LogP contribution < -0.4 is 19.5 Å². The second-order valence-corrected chi connectivity index (χ2v) is 8.16. The summed E-state index contributed by atoms with van der Waals surface area (Å²) in [7, 11) is 3.11. The smallest absolute Gasteiger partial charge is 0.234 e. The van der Waals surface area contributed by atoms with Gasteiger partial charge in [-0.3, -0.25) is 9.36 Å². The molecule has 0 fully saturated rings. The minimum Gasteiger partial charge on any atom is -0.497 e. The van der Waals surface area contributed by atoms with Gasteiger partial charge in [0.1, 0.15) is 17.2 Å². The Labute approximate surface area is 198 Å². The lowest BCUT2D eigenvalue weighted by atomic mass is 10.2. The molecule has 3 rings (SSSR count). The van der Waals surface area contributed by atoms with Gasteiger partial charge in [-0.25, -0.2) is 0 Å². The zero-order valence-corrected chi connectivity index (χ0v) is 20.0. The van der Waals surface area contributed by atoms with Gasteiger partial charge in [0.15, 0.2) is 17.1 Å². The number of nitrogens with zero attached hydrogens (tertiary/aromatic N) is 3. The molecule has 0 saturated heterocycles. The number of allylic oxidation sites excluding steroid dienone is 1. The summed E-state index contributed by atoms with van der Waals surface area (Å²) in [5.41, 5.74) is 1.65. The van der Waals surface area contributed by atoms with E-state index in [9.17, 15) is 4.79 Å². The molecule has 8 nitrogen and oxygen atoms in total. The van der Waals surface area contributed by atoms with Crippen molar-refractivity contribution >= 4 is 23.4 Å². The molecular weight excluding hydrogens is 440 g/mol. The highest BCUT2D eigenvalue weighted by molar-refractivity contribution is 7.99. The van der Waals surface area contributed by atoms with E-state index in [0.717, 1.165) is 11.3 Å². The summed E-state index contributed by atoms with van der Waals surface area (Å²) in [4.78, 5) is 12.6. The van der Waals surface area contributed by atoms with Crippen LogP contribution in [0.15, 0.2) is 60.3 Å². The first-order valence-corrected chi connectivity index (χ1v) is 11.4. The normalized spacial score (nSPS) is 11.5. The standard InChI is InChI=1S/C24H28N4O4S/c1-6-12-28-23(17(3)32-19-9-7-8-16(2)13-19)26-27-24(28)33-15-22(29)25-20-14-18(30-4)10-11-21(20)31-5/h6-11,13-14,17H,1,12,15H2,2-5H3,(H,25,29). The van der Waals surface area contributed by atoms with Gasteiger partial charge in [-0.05, 0) is 43.7 Å². The van der Waals surface area contributed by atoms with Crippen LogP contribution in [0.25, 0.3) is 0 Å². The highest BCUT2D eigenvalue weighted by atomic mass is 32.2. The fourth-order valence-corrected chi connectivity index (χ4v) is 3.94. The maximum absolute atomic E-state index is 12.6. The number of rotatable bonds is 11. The largest absolute Gasteiger partial charge is 0.497 e. The van der Waals surface area contributed by atoms with Crippen LogP contribution in [0.3, 0.4) is 0 Å². The highest BCUT2D eigenvalue weighted by Crippen LogP contribution is 2.30. The van der Waals surface area contributed by atoms with Crippen LogP contribution >= 0.6 is 11.8 Å². The third kappa shape index (κ3) is 6.29. The Balaban J connectivity index is 1.69. The highest BCUT2D eigenvalue weighted by Gasteiger charge is 2.20. The van der Waals surface area contributed by atoms with Gasteiger partial charge in [0.25, 0.3) is 0 Å². The van der Waals surface area contributed by atoms with E-state index in [1.165, 1.54) is 11.8 Å². The summed E-state index contributed by atoms with van der Waals surface area (Å²) in [6.45, 7) is 8.26. The van der Waals surface area contributed by atoms with Crippen LogP contribution in [0.2, 0.25) is 0 Å². The van der Waals surface area contributed by atoms with Crippen molar-refractivity contribution in [1.29, 1.82) is 0 Å². The van der Waals surface area contributed by atoms with Gasteiger partial charge in [-0.15, -0.1) is 16.8 Å². The van der Waals surface area contributed by atoms with Gasteiger partial charge < -0.3 is 19.5 Å². The predicted octanol–water partition coefficient (Wildman–Crippen LogP) is 4.66. The Morgan fingerprint density at radius 3 is 2.70 bits per heavy atom. The Bertz CT molecular complexity index is 1120. The number of benzene rings is 2. The summed E-state index contributed by atoms with van der Waals surface area (Å²) in [6, 6.07) is 13.1. The topological polar surface area (TPSA) is 87.5 Å². The van der Waals surface area contributed by atoms with E-state index in [1.54, 1.807) is 38.5 Å². The van der Waals surface area contributed by atoms with Gasteiger partial charge in [-0.2, -0.15) is 0 Å². The zero-order valence-electron chi connectivity index (χ0n) is 19.2. The molecule has 174 valence electrons. The zero-order chi connectivity index (χ0) is 23.8. The van der Waals surface area contributed by atoms with Crippen molar-refractivity contribution in [2.45, 2.75) is 31.7 Å². The first kappa shape index (κ1) is 24.2. The first-order chi connectivity index (χ1) is 15.9. The van der Waals surface area contributed by atoms with Crippen LogP contribution in [0.5, 0.6) is 17.2 Å². The van der Waals surface area contributed by atoms with Gasteiger partial charge in [-0.1, -0.05) is 30.0 Å². The van der Waals surface area contributed by atoms with Crippen LogP contribution in [0.1, 0.15) is 24.4 Å². The summed E-state index contributed by atoms with van der Waals surface area (Å²) in [5.74, 6) is 2.53. The van der Waals surface area contributed by atoms with E-state index < -0.39 is 0 Å². The minimum absolute atomic E-state index is 0.142. The van der Waals surface area contributed by atoms with Crippen molar-refractivity contribution in [3.8, 4) is 17.2 Å². The molecule has 1 heterocycles. The average Bonchev–Trinajstić information content (AvgIpc) is 3.20. The number of aryl methyl sites for hydroxylation is 1. The third-order valence-electron chi connectivity index (χ3n) is 4.74. The number of hydrogen-bond acceptors (Lipinski definition) is 7. The molecule has 3 aromatic rings. The Kier molecular flexibility index (Phi) is 8.37. The fraction of sp³-hybridized carbons (Fsp3) is 0.292. The second kappa shape index (κ2) is 11.4.